The number of carbonyl (C=O) groups is 1. The van der Waals surface area contributed by atoms with Crippen LogP contribution in [0.1, 0.15) is 12.5 Å². The Morgan fingerprint density at radius 1 is 1.20 bits per heavy atom. The molecule has 1 aliphatic rings. The summed E-state index contributed by atoms with van der Waals surface area (Å²) in [5, 5.41) is 0.692. The summed E-state index contributed by atoms with van der Waals surface area (Å²) in [7, 11) is 0. The first-order chi connectivity index (χ1) is 12.0. The van der Waals surface area contributed by atoms with Crippen molar-refractivity contribution in [2.24, 2.45) is 0 Å². The molecule has 6 heteroatoms. The Morgan fingerprint density at radius 3 is 2.60 bits per heavy atom. The number of ether oxygens (including phenoxy) is 1. The Hall–Kier alpha value is -2.27. The molecule has 3 rings (SSSR count). The lowest BCUT2D eigenvalue weighted by Gasteiger charge is -2.36. The van der Waals surface area contributed by atoms with Crippen molar-refractivity contribution in [2.45, 2.75) is 20.0 Å². The van der Waals surface area contributed by atoms with Gasteiger partial charge in [0.15, 0.2) is 6.10 Å². The average molecular weight is 360 g/mol. The maximum atomic E-state index is 12.6. The van der Waals surface area contributed by atoms with Crippen molar-refractivity contribution >= 4 is 23.3 Å². The predicted octanol–water partition coefficient (Wildman–Crippen LogP) is 3.16. The molecule has 1 saturated heterocycles. The fourth-order valence-electron chi connectivity index (χ4n) is 2.90. The first kappa shape index (κ1) is 17.5. The first-order valence-corrected chi connectivity index (χ1v) is 8.80. The van der Waals surface area contributed by atoms with Crippen molar-refractivity contribution in [3.8, 4) is 5.75 Å². The van der Waals surface area contributed by atoms with E-state index < -0.39 is 6.10 Å². The van der Waals surface area contributed by atoms with E-state index in [-0.39, 0.29) is 5.91 Å². The zero-order valence-corrected chi connectivity index (χ0v) is 15.2. The normalized spacial score (nSPS) is 15.8. The molecule has 1 aromatic carbocycles. The molecule has 0 unspecified atom stereocenters. The Balaban J connectivity index is 1.55. The number of piperazine rings is 1. The van der Waals surface area contributed by atoms with Crippen LogP contribution in [0.3, 0.4) is 0 Å². The summed E-state index contributed by atoms with van der Waals surface area (Å²) >= 11 is 6.03. The van der Waals surface area contributed by atoms with Gasteiger partial charge < -0.3 is 14.5 Å². The zero-order valence-electron chi connectivity index (χ0n) is 14.5. The number of hydrogen-bond donors (Lipinski definition) is 0. The van der Waals surface area contributed by atoms with Crippen LogP contribution < -0.4 is 9.64 Å². The number of hydrogen-bond acceptors (Lipinski definition) is 4. The Bertz CT molecular complexity index is 731. The van der Waals surface area contributed by atoms with Crippen molar-refractivity contribution in [3.05, 3.63) is 53.2 Å². The zero-order chi connectivity index (χ0) is 17.8. The largest absolute Gasteiger partial charge is 0.481 e. The van der Waals surface area contributed by atoms with Crippen LogP contribution in [-0.2, 0) is 4.79 Å². The summed E-state index contributed by atoms with van der Waals surface area (Å²) in [4.78, 5) is 21.1. The van der Waals surface area contributed by atoms with E-state index in [9.17, 15) is 4.79 Å². The van der Waals surface area contributed by atoms with Crippen LogP contribution in [-0.4, -0.2) is 48.1 Å². The molecule has 1 aliphatic heterocycles. The van der Waals surface area contributed by atoms with Gasteiger partial charge in [0.2, 0.25) is 0 Å². The highest BCUT2D eigenvalue weighted by Gasteiger charge is 2.26. The van der Waals surface area contributed by atoms with Crippen LogP contribution in [0.5, 0.6) is 5.75 Å². The summed E-state index contributed by atoms with van der Waals surface area (Å²) in [6, 6.07) is 11.3. The van der Waals surface area contributed by atoms with E-state index in [2.05, 4.69) is 9.88 Å². The van der Waals surface area contributed by atoms with Crippen LogP contribution in [0.2, 0.25) is 5.02 Å². The number of aromatic nitrogens is 1. The van der Waals surface area contributed by atoms with Gasteiger partial charge in [-0.05, 0) is 49.7 Å². The van der Waals surface area contributed by atoms with Gasteiger partial charge >= 0.3 is 0 Å². The maximum Gasteiger partial charge on any atom is 0.263 e. The van der Waals surface area contributed by atoms with Crippen LogP contribution in [0.4, 0.5) is 5.82 Å². The standard InChI is InChI=1S/C19H22ClN3O2/c1-14-13-16(6-7-17(14)20)25-15(2)19(24)23-11-9-22(10-12-23)18-5-3-4-8-21-18/h3-8,13,15H,9-12H2,1-2H3/t15-/m0/s1. The molecule has 0 saturated carbocycles. The molecule has 0 bridgehead atoms. The van der Waals surface area contributed by atoms with E-state index in [1.807, 2.05) is 36.1 Å². The molecule has 0 N–H and O–H groups in total. The SMILES string of the molecule is Cc1cc(O[C@@H](C)C(=O)N2CCN(c3ccccn3)CC2)ccc1Cl. The number of anilines is 1. The van der Waals surface area contributed by atoms with Crippen LogP contribution in [0, 0.1) is 6.92 Å². The minimum atomic E-state index is -0.526. The van der Waals surface area contributed by atoms with E-state index in [0.717, 1.165) is 24.5 Å². The Morgan fingerprint density at radius 2 is 1.96 bits per heavy atom. The molecule has 1 atom stereocenters. The number of aryl methyl sites for hydroxylation is 1. The van der Waals surface area contributed by atoms with Gasteiger partial charge in [-0.25, -0.2) is 4.98 Å². The molecule has 1 aromatic heterocycles. The second-order valence-corrected chi connectivity index (χ2v) is 6.58. The fraction of sp³-hybridized carbons (Fsp3) is 0.368. The lowest BCUT2D eigenvalue weighted by molar-refractivity contribution is -0.138. The second-order valence-electron chi connectivity index (χ2n) is 6.17. The predicted molar refractivity (Wildman–Crippen MR) is 99.3 cm³/mol. The second kappa shape index (κ2) is 7.74. The van der Waals surface area contributed by atoms with Crippen molar-refractivity contribution < 1.29 is 9.53 Å². The molecular weight excluding hydrogens is 338 g/mol. The number of rotatable bonds is 4. The molecule has 0 radical (unpaired) electrons. The number of benzene rings is 1. The number of halogens is 1. The maximum absolute atomic E-state index is 12.6. The van der Waals surface area contributed by atoms with Crippen molar-refractivity contribution in [1.29, 1.82) is 0 Å². The van der Waals surface area contributed by atoms with Crippen LogP contribution >= 0.6 is 11.6 Å². The Kier molecular flexibility index (Phi) is 5.43. The molecular formula is C19H22ClN3O2. The van der Waals surface area contributed by atoms with Gasteiger partial charge in [-0.2, -0.15) is 0 Å². The third-order valence-corrected chi connectivity index (χ3v) is 4.78. The third kappa shape index (κ3) is 4.23. The van der Waals surface area contributed by atoms with Gasteiger partial charge in [-0.1, -0.05) is 17.7 Å². The number of pyridine rings is 1. The number of carbonyl (C=O) groups excluding carboxylic acids is 1. The van der Waals surface area contributed by atoms with Crippen molar-refractivity contribution in [2.75, 3.05) is 31.1 Å². The number of nitrogens with zero attached hydrogens (tertiary/aromatic N) is 3. The van der Waals surface area contributed by atoms with Gasteiger partial charge in [-0.3, -0.25) is 4.79 Å². The highest BCUT2D eigenvalue weighted by Crippen LogP contribution is 2.22. The summed E-state index contributed by atoms with van der Waals surface area (Å²) in [6.07, 6.45) is 1.26. The number of amides is 1. The molecule has 5 nitrogen and oxygen atoms in total. The summed E-state index contributed by atoms with van der Waals surface area (Å²) in [5.74, 6) is 1.62. The molecule has 1 amide bonds. The lowest BCUT2D eigenvalue weighted by Crippen LogP contribution is -2.52. The minimum absolute atomic E-state index is 0.00766. The van der Waals surface area contributed by atoms with Crippen LogP contribution in [0.25, 0.3) is 0 Å². The molecule has 132 valence electrons. The molecule has 1 fully saturated rings. The molecule has 2 heterocycles. The van der Waals surface area contributed by atoms with E-state index in [1.54, 1.807) is 25.3 Å². The van der Waals surface area contributed by atoms with Gasteiger partial charge in [0.05, 0.1) is 0 Å². The molecule has 0 spiro atoms. The minimum Gasteiger partial charge on any atom is -0.481 e. The lowest BCUT2D eigenvalue weighted by atomic mass is 10.2. The van der Waals surface area contributed by atoms with Crippen molar-refractivity contribution in [3.63, 3.8) is 0 Å². The molecule has 2 aromatic rings. The monoisotopic (exact) mass is 359 g/mol. The first-order valence-electron chi connectivity index (χ1n) is 8.42. The van der Waals surface area contributed by atoms with E-state index in [0.29, 0.717) is 23.9 Å². The topological polar surface area (TPSA) is 45.7 Å². The van der Waals surface area contributed by atoms with Gasteiger partial charge in [0.1, 0.15) is 11.6 Å². The smallest absolute Gasteiger partial charge is 0.263 e. The Labute approximate surface area is 153 Å². The van der Waals surface area contributed by atoms with Gasteiger partial charge in [-0.15, -0.1) is 0 Å². The van der Waals surface area contributed by atoms with E-state index >= 15 is 0 Å². The highest BCUT2D eigenvalue weighted by molar-refractivity contribution is 6.31. The quantitative estimate of drug-likeness (QED) is 0.841. The van der Waals surface area contributed by atoms with Crippen molar-refractivity contribution in [1.82, 2.24) is 9.88 Å². The van der Waals surface area contributed by atoms with Gasteiger partial charge in [0, 0.05) is 37.4 Å². The van der Waals surface area contributed by atoms with Crippen LogP contribution in [0.15, 0.2) is 42.6 Å². The summed E-state index contributed by atoms with van der Waals surface area (Å²) in [5.41, 5.74) is 0.933. The van der Waals surface area contributed by atoms with Gasteiger partial charge in [0.25, 0.3) is 5.91 Å². The molecule has 25 heavy (non-hydrogen) atoms. The average Bonchev–Trinajstić information content (AvgIpc) is 2.65. The fourth-order valence-corrected chi connectivity index (χ4v) is 3.02. The molecule has 0 aliphatic carbocycles. The summed E-state index contributed by atoms with van der Waals surface area (Å²) in [6.45, 7) is 6.59. The van der Waals surface area contributed by atoms with E-state index in [1.165, 1.54) is 0 Å². The highest BCUT2D eigenvalue weighted by atomic mass is 35.5. The van der Waals surface area contributed by atoms with E-state index in [4.69, 9.17) is 16.3 Å². The third-order valence-electron chi connectivity index (χ3n) is 4.35. The summed E-state index contributed by atoms with van der Waals surface area (Å²) < 4.78 is 5.80.